The number of nitrogens with two attached hydrogens (primary N) is 1. The van der Waals surface area contributed by atoms with Gasteiger partial charge in [0.05, 0.1) is 0 Å². The van der Waals surface area contributed by atoms with Crippen LogP contribution in [-0.2, 0) is 4.79 Å². The highest BCUT2D eigenvalue weighted by Gasteiger charge is 2.35. The maximum atomic E-state index is 12.7. The maximum Gasteiger partial charge on any atom is 0.225 e. The molecule has 0 radical (unpaired) electrons. The van der Waals surface area contributed by atoms with Gasteiger partial charge in [0.1, 0.15) is 0 Å². The van der Waals surface area contributed by atoms with Crippen LogP contribution in [0.15, 0.2) is 0 Å². The van der Waals surface area contributed by atoms with E-state index in [2.05, 4.69) is 11.8 Å². The quantitative estimate of drug-likeness (QED) is 0.835. The van der Waals surface area contributed by atoms with Gasteiger partial charge >= 0.3 is 0 Å². The molecule has 0 bridgehead atoms. The van der Waals surface area contributed by atoms with E-state index < -0.39 is 0 Å². The van der Waals surface area contributed by atoms with Crippen molar-refractivity contribution in [2.45, 2.75) is 64.3 Å². The number of nitrogens with zero attached hydrogens (tertiary/aromatic N) is 1. The van der Waals surface area contributed by atoms with Crippen LogP contribution < -0.4 is 5.73 Å². The second kappa shape index (κ2) is 6.55. The lowest BCUT2D eigenvalue weighted by molar-refractivity contribution is -0.139. The monoisotopic (exact) mass is 252 g/mol. The van der Waals surface area contributed by atoms with Gasteiger partial charge in [0.15, 0.2) is 0 Å². The van der Waals surface area contributed by atoms with Crippen LogP contribution in [-0.4, -0.2) is 29.9 Å². The highest BCUT2D eigenvalue weighted by atomic mass is 16.2. The first-order valence-electron chi connectivity index (χ1n) is 7.78. The summed E-state index contributed by atoms with van der Waals surface area (Å²) in [5.74, 6) is 1.26. The lowest BCUT2D eigenvalue weighted by Crippen LogP contribution is -2.46. The third-order valence-electron chi connectivity index (χ3n) is 4.90. The van der Waals surface area contributed by atoms with Gasteiger partial charge in [-0.05, 0) is 45.1 Å². The number of hydrogen-bond acceptors (Lipinski definition) is 2. The van der Waals surface area contributed by atoms with Crippen LogP contribution in [0.5, 0.6) is 0 Å². The van der Waals surface area contributed by atoms with E-state index in [0.29, 0.717) is 23.8 Å². The first-order chi connectivity index (χ1) is 8.77. The van der Waals surface area contributed by atoms with Crippen LogP contribution in [0.1, 0.15) is 58.3 Å². The molecule has 1 amide bonds. The Morgan fingerprint density at radius 1 is 1.11 bits per heavy atom. The zero-order chi connectivity index (χ0) is 13.0. The van der Waals surface area contributed by atoms with Crippen LogP contribution in [0.4, 0.5) is 0 Å². The number of rotatable bonds is 4. The molecule has 2 fully saturated rings. The van der Waals surface area contributed by atoms with Gasteiger partial charge in [0.2, 0.25) is 5.91 Å². The summed E-state index contributed by atoms with van der Waals surface area (Å²) >= 11 is 0. The second-order valence-corrected chi connectivity index (χ2v) is 5.95. The number of carbonyl (C=O) groups is 1. The average Bonchev–Trinajstić information content (AvgIpc) is 2.89. The Balaban J connectivity index is 2.00. The molecule has 0 saturated heterocycles. The summed E-state index contributed by atoms with van der Waals surface area (Å²) in [5, 5.41) is 0. The Morgan fingerprint density at radius 3 is 2.44 bits per heavy atom. The molecule has 2 atom stereocenters. The standard InChI is InChI=1S/C15H28N2O/c1-2-17(14-10-6-9-13(14)11-16)15(18)12-7-4-3-5-8-12/h12-14H,2-11,16H2,1H3. The van der Waals surface area contributed by atoms with E-state index in [1.54, 1.807) is 0 Å². The molecule has 18 heavy (non-hydrogen) atoms. The van der Waals surface area contributed by atoms with Gasteiger partial charge in [0.25, 0.3) is 0 Å². The summed E-state index contributed by atoms with van der Waals surface area (Å²) in [4.78, 5) is 14.8. The zero-order valence-electron chi connectivity index (χ0n) is 11.7. The maximum absolute atomic E-state index is 12.7. The Kier molecular flexibility index (Phi) is 5.04. The minimum Gasteiger partial charge on any atom is -0.339 e. The van der Waals surface area contributed by atoms with Crippen molar-refractivity contribution in [2.24, 2.45) is 17.6 Å². The number of hydrogen-bond donors (Lipinski definition) is 1. The second-order valence-electron chi connectivity index (χ2n) is 5.95. The fraction of sp³-hybridized carbons (Fsp3) is 0.933. The van der Waals surface area contributed by atoms with E-state index in [0.717, 1.165) is 32.4 Å². The number of amides is 1. The smallest absolute Gasteiger partial charge is 0.225 e. The summed E-state index contributed by atoms with van der Waals surface area (Å²) < 4.78 is 0. The van der Waals surface area contributed by atoms with Crippen molar-refractivity contribution in [3.8, 4) is 0 Å². The molecule has 2 aliphatic rings. The van der Waals surface area contributed by atoms with E-state index >= 15 is 0 Å². The van der Waals surface area contributed by atoms with E-state index in [1.807, 2.05) is 0 Å². The van der Waals surface area contributed by atoms with E-state index in [4.69, 9.17) is 5.73 Å². The van der Waals surface area contributed by atoms with Crippen molar-refractivity contribution in [1.82, 2.24) is 4.90 Å². The lowest BCUT2D eigenvalue weighted by Gasteiger charge is -2.35. The van der Waals surface area contributed by atoms with E-state index in [9.17, 15) is 4.79 Å². The van der Waals surface area contributed by atoms with Gasteiger partial charge in [0, 0.05) is 18.5 Å². The minimum atomic E-state index is 0.303. The van der Waals surface area contributed by atoms with E-state index in [1.165, 1.54) is 32.1 Å². The summed E-state index contributed by atoms with van der Waals surface area (Å²) in [6.07, 6.45) is 9.60. The van der Waals surface area contributed by atoms with E-state index in [-0.39, 0.29) is 0 Å². The van der Waals surface area contributed by atoms with Crippen LogP contribution in [0.2, 0.25) is 0 Å². The Bertz CT molecular complexity index is 274. The van der Waals surface area contributed by atoms with Gasteiger partial charge in [-0.3, -0.25) is 4.79 Å². The van der Waals surface area contributed by atoms with Crippen molar-refractivity contribution in [3.05, 3.63) is 0 Å². The molecule has 3 heteroatoms. The Morgan fingerprint density at radius 2 is 1.83 bits per heavy atom. The first-order valence-corrected chi connectivity index (χ1v) is 7.78. The van der Waals surface area contributed by atoms with Crippen molar-refractivity contribution >= 4 is 5.91 Å². The van der Waals surface area contributed by atoms with Gasteiger partial charge in [-0.15, -0.1) is 0 Å². The van der Waals surface area contributed by atoms with Crippen LogP contribution >= 0.6 is 0 Å². The Hall–Kier alpha value is -0.570. The normalized spacial score (nSPS) is 29.4. The summed E-state index contributed by atoms with van der Waals surface area (Å²) in [7, 11) is 0. The molecule has 0 aromatic heterocycles. The molecule has 2 rings (SSSR count). The molecule has 0 aromatic carbocycles. The fourth-order valence-electron chi connectivity index (χ4n) is 3.84. The molecular weight excluding hydrogens is 224 g/mol. The predicted molar refractivity (Wildman–Crippen MR) is 74.1 cm³/mol. The summed E-state index contributed by atoms with van der Waals surface area (Å²) in [6.45, 7) is 3.71. The molecule has 0 aromatic rings. The third kappa shape index (κ3) is 2.87. The highest BCUT2D eigenvalue weighted by molar-refractivity contribution is 5.79. The summed E-state index contributed by atoms with van der Waals surface area (Å²) in [5.41, 5.74) is 5.86. The van der Waals surface area contributed by atoms with Gasteiger partial charge in [-0.2, -0.15) is 0 Å². The van der Waals surface area contributed by atoms with Gasteiger partial charge < -0.3 is 10.6 Å². The predicted octanol–water partition coefficient (Wildman–Crippen LogP) is 2.54. The summed E-state index contributed by atoms with van der Waals surface area (Å²) in [6, 6.07) is 0.425. The van der Waals surface area contributed by atoms with Crippen LogP contribution in [0, 0.1) is 11.8 Å². The van der Waals surface area contributed by atoms with Crippen molar-refractivity contribution < 1.29 is 4.79 Å². The van der Waals surface area contributed by atoms with Gasteiger partial charge in [-0.1, -0.05) is 25.7 Å². The van der Waals surface area contributed by atoms with Crippen molar-refractivity contribution in [2.75, 3.05) is 13.1 Å². The average molecular weight is 252 g/mol. The van der Waals surface area contributed by atoms with Crippen molar-refractivity contribution in [1.29, 1.82) is 0 Å². The zero-order valence-corrected chi connectivity index (χ0v) is 11.7. The number of carbonyl (C=O) groups excluding carboxylic acids is 1. The third-order valence-corrected chi connectivity index (χ3v) is 4.90. The first kappa shape index (κ1) is 13.9. The molecule has 104 valence electrons. The van der Waals surface area contributed by atoms with Gasteiger partial charge in [-0.25, -0.2) is 0 Å². The molecule has 2 aliphatic carbocycles. The lowest BCUT2D eigenvalue weighted by atomic mass is 9.87. The minimum absolute atomic E-state index is 0.303. The fourth-order valence-corrected chi connectivity index (χ4v) is 3.84. The largest absolute Gasteiger partial charge is 0.339 e. The topological polar surface area (TPSA) is 46.3 Å². The molecule has 0 heterocycles. The highest BCUT2D eigenvalue weighted by Crippen LogP contribution is 2.32. The molecular formula is C15H28N2O. The molecule has 3 nitrogen and oxygen atoms in total. The SMILES string of the molecule is CCN(C(=O)C1CCCCC1)C1CCCC1CN. The van der Waals surface area contributed by atoms with Crippen LogP contribution in [0.3, 0.4) is 0 Å². The molecule has 0 spiro atoms. The Labute approximate surface area is 111 Å². The molecule has 0 aliphatic heterocycles. The van der Waals surface area contributed by atoms with Crippen molar-refractivity contribution in [3.63, 3.8) is 0 Å². The molecule has 2 N–H and O–H groups in total. The molecule has 2 unspecified atom stereocenters. The van der Waals surface area contributed by atoms with Crippen LogP contribution in [0.25, 0.3) is 0 Å². The molecule has 2 saturated carbocycles.